The van der Waals surface area contributed by atoms with Gasteiger partial charge in [-0.15, -0.1) is 35.1 Å². The Bertz CT molecular complexity index is 1680. The molecule has 3 aromatic carbocycles. The van der Waals surface area contributed by atoms with E-state index in [4.69, 9.17) is 19.2 Å². The SMILES string of the molecule is CCOc1cc(C(=O)Nc2sc3c(c2-c2nc4ccccc4s2)CCN(Cc2ccccc2)C3)cc(OCC)c1OCC.Cl. The van der Waals surface area contributed by atoms with Gasteiger partial charge in [0.15, 0.2) is 11.5 Å². The van der Waals surface area contributed by atoms with Crippen LogP contribution in [0.2, 0.25) is 0 Å². The number of rotatable bonds is 11. The fourth-order valence-electron chi connectivity index (χ4n) is 5.42. The first-order valence-corrected chi connectivity index (χ1v) is 16.4. The summed E-state index contributed by atoms with van der Waals surface area (Å²) in [6.45, 7) is 9.73. The Balaban J connectivity index is 0.00000384. The van der Waals surface area contributed by atoms with Crippen LogP contribution in [0, 0.1) is 0 Å². The molecule has 0 aliphatic carbocycles. The van der Waals surface area contributed by atoms with Crippen molar-refractivity contribution in [1.82, 2.24) is 9.88 Å². The Kier molecular flexibility index (Phi) is 10.4. The minimum atomic E-state index is -0.230. The van der Waals surface area contributed by atoms with Crippen molar-refractivity contribution in [3.8, 4) is 27.8 Å². The first-order chi connectivity index (χ1) is 21.1. The third kappa shape index (κ3) is 6.71. The van der Waals surface area contributed by atoms with Gasteiger partial charge in [0.25, 0.3) is 5.91 Å². The average Bonchev–Trinajstić information content (AvgIpc) is 3.59. The van der Waals surface area contributed by atoms with Crippen LogP contribution in [0.15, 0.2) is 66.7 Å². The van der Waals surface area contributed by atoms with E-state index in [1.165, 1.54) is 16.0 Å². The van der Waals surface area contributed by atoms with E-state index in [2.05, 4.69) is 46.6 Å². The third-order valence-electron chi connectivity index (χ3n) is 7.29. The summed E-state index contributed by atoms with van der Waals surface area (Å²) >= 11 is 3.32. The van der Waals surface area contributed by atoms with E-state index < -0.39 is 0 Å². The molecule has 1 amide bonds. The van der Waals surface area contributed by atoms with Crippen molar-refractivity contribution in [2.24, 2.45) is 0 Å². The number of halogens is 1. The van der Waals surface area contributed by atoms with Crippen molar-refractivity contribution < 1.29 is 19.0 Å². The number of hydrogen-bond donors (Lipinski definition) is 1. The molecule has 0 saturated heterocycles. The van der Waals surface area contributed by atoms with Crippen LogP contribution in [0.1, 0.15) is 47.1 Å². The van der Waals surface area contributed by atoms with Gasteiger partial charge in [0, 0.05) is 35.6 Å². The second-order valence-electron chi connectivity index (χ2n) is 10.2. The zero-order chi connectivity index (χ0) is 29.8. The smallest absolute Gasteiger partial charge is 0.256 e. The number of carbonyl (C=O) groups excluding carboxylic acids is 1. The summed E-state index contributed by atoms with van der Waals surface area (Å²) in [6, 6.07) is 22.2. The summed E-state index contributed by atoms with van der Waals surface area (Å²) in [5.41, 5.74) is 5.03. The molecule has 0 fully saturated rings. The molecule has 0 atom stereocenters. The van der Waals surface area contributed by atoms with Crippen LogP contribution in [0.3, 0.4) is 0 Å². The number of fused-ring (bicyclic) bond motifs is 2. The van der Waals surface area contributed by atoms with Crippen molar-refractivity contribution in [3.05, 3.63) is 88.3 Å². The zero-order valence-electron chi connectivity index (χ0n) is 25.1. The van der Waals surface area contributed by atoms with Crippen LogP contribution < -0.4 is 19.5 Å². The van der Waals surface area contributed by atoms with Crippen LogP contribution in [0.5, 0.6) is 17.2 Å². The number of para-hydroxylation sites is 1. The lowest BCUT2D eigenvalue weighted by atomic mass is 10.0. The standard InChI is InChI=1S/C34H35N3O4S2.ClH/c1-4-39-26-18-23(19-27(40-5-2)31(26)41-6-3)32(38)36-34-30(33-35-25-14-10-11-15-28(25)42-33)24-16-17-37(21-29(24)43-34)20-22-12-8-7-9-13-22;/h7-15,18-19H,4-6,16-17,20-21H2,1-3H3,(H,36,38);1H. The monoisotopic (exact) mass is 649 g/mol. The molecule has 7 nitrogen and oxygen atoms in total. The summed E-state index contributed by atoms with van der Waals surface area (Å²) < 4.78 is 18.7. The lowest BCUT2D eigenvalue weighted by molar-refractivity contribution is 0.102. The van der Waals surface area contributed by atoms with E-state index >= 15 is 0 Å². The maximum absolute atomic E-state index is 13.9. The van der Waals surface area contributed by atoms with Crippen LogP contribution in [0.4, 0.5) is 5.00 Å². The number of nitrogens with one attached hydrogen (secondary N) is 1. The summed E-state index contributed by atoms with van der Waals surface area (Å²) in [5.74, 6) is 1.28. The molecule has 0 bridgehead atoms. The second kappa shape index (κ2) is 14.4. The molecule has 3 heterocycles. The summed E-state index contributed by atoms with van der Waals surface area (Å²) in [4.78, 5) is 22.6. The first kappa shape index (κ1) is 31.8. The van der Waals surface area contributed by atoms with Crippen LogP contribution >= 0.6 is 35.1 Å². The van der Waals surface area contributed by atoms with Crippen molar-refractivity contribution in [2.75, 3.05) is 31.7 Å². The fraction of sp³-hybridized carbons (Fsp3) is 0.294. The molecule has 0 radical (unpaired) electrons. The number of nitrogens with zero attached hydrogens (tertiary/aromatic N) is 2. The van der Waals surface area contributed by atoms with Gasteiger partial charge in [-0.2, -0.15) is 0 Å². The highest BCUT2D eigenvalue weighted by atomic mass is 35.5. The number of amides is 1. The third-order valence-corrected chi connectivity index (χ3v) is 9.48. The summed E-state index contributed by atoms with van der Waals surface area (Å²) in [7, 11) is 0. The van der Waals surface area contributed by atoms with Gasteiger partial charge in [0.05, 0.1) is 30.0 Å². The summed E-state index contributed by atoms with van der Waals surface area (Å²) in [5, 5.41) is 5.01. The molecule has 5 aromatic rings. The quantitative estimate of drug-likeness (QED) is 0.155. The molecule has 0 spiro atoms. The number of ether oxygens (including phenoxy) is 3. The predicted octanol–water partition coefficient (Wildman–Crippen LogP) is 8.45. The lowest BCUT2D eigenvalue weighted by Gasteiger charge is -2.27. The molecular weight excluding hydrogens is 614 g/mol. The van der Waals surface area contributed by atoms with Crippen LogP contribution in [-0.2, 0) is 19.5 Å². The first-order valence-electron chi connectivity index (χ1n) is 14.7. The molecule has 2 aromatic heterocycles. The molecule has 0 unspecified atom stereocenters. The maximum atomic E-state index is 13.9. The lowest BCUT2D eigenvalue weighted by Crippen LogP contribution is -2.29. The predicted molar refractivity (Wildman–Crippen MR) is 182 cm³/mol. The van der Waals surface area contributed by atoms with Crippen molar-refractivity contribution in [3.63, 3.8) is 0 Å². The number of thiophene rings is 1. The topological polar surface area (TPSA) is 72.9 Å². The van der Waals surface area contributed by atoms with E-state index in [9.17, 15) is 4.79 Å². The van der Waals surface area contributed by atoms with Gasteiger partial charge in [-0.25, -0.2) is 4.98 Å². The van der Waals surface area contributed by atoms with Gasteiger partial charge < -0.3 is 19.5 Å². The highest BCUT2D eigenvalue weighted by Gasteiger charge is 2.28. The van der Waals surface area contributed by atoms with Crippen molar-refractivity contribution in [2.45, 2.75) is 40.3 Å². The van der Waals surface area contributed by atoms with Crippen LogP contribution in [0.25, 0.3) is 20.8 Å². The number of anilines is 1. The van der Waals surface area contributed by atoms with E-state index in [1.807, 2.05) is 39.0 Å². The molecule has 1 N–H and O–H groups in total. The zero-order valence-corrected chi connectivity index (χ0v) is 27.5. The van der Waals surface area contributed by atoms with Crippen LogP contribution in [-0.4, -0.2) is 42.2 Å². The minimum Gasteiger partial charge on any atom is -0.490 e. The highest BCUT2D eigenvalue weighted by molar-refractivity contribution is 7.23. The number of benzene rings is 3. The molecule has 0 saturated carbocycles. The van der Waals surface area contributed by atoms with Gasteiger partial charge in [0.2, 0.25) is 5.75 Å². The molecule has 10 heteroatoms. The molecule has 6 rings (SSSR count). The van der Waals surface area contributed by atoms with Crippen molar-refractivity contribution >= 4 is 56.2 Å². The van der Waals surface area contributed by atoms with Gasteiger partial charge in [0.1, 0.15) is 10.0 Å². The normalized spacial score (nSPS) is 12.8. The Morgan fingerprint density at radius 3 is 2.27 bits per heavy atom. The average molecular weight is 650 g/mol. The maximum Gasteiger partial charge on any atom is 0.256 e. The van der Waals surface area contributed by atoms with Gasteiger partial charge >= 0.3 is 0 Å². The largest absolute Gasteiger partial charge is 0.490 e. The van der Waals surface area contributed by atoms with Crippen molar-refractivity contribution in [1.29, 1.82) is 0 Å². The Morgan fingerprint density at radius 2 is 1.59 bits per heavy atom. The minimum absolute atomic E-state index is 0. The highest BCUT2D eigenvalue weighted by Crippen LogP contribution is 2.46. The van der Waals surface area contributed by atoms with E-state index in [-0.39, 0.29) is 18.3 Å². The van der Waals surface area contributed by atoms with Gasteiger partial charge in [-0.1, -0.05) is 42.5 Å². The molecular formula is C34H36ClN3O4S2. The van der Waals surface area contributed by atoms with Gasteiger partial charge in [-0.3, -0.25) is 9.69 Å². The number of aromatic nitrogens is 1. The molecule has 230 valence electrons. The Labute approximate surface area is 272 Å². The molecule has 44 heavy (non-hydrogen) atoms. The molecule has 1 aliphatic rings. The number of hydrogen-bond acceptors (Lipinski definition) is 8. The van der Waals surface area contributed by atoms with E-state index in [0.29, 0.717) is 42.6 Å². The van der Waals surface area contributed by atoms with Gasteiger partial charge in [-0.05, 0) is 62.6 Å². The number of carbonyl (C=O) groups is 1. The van der Waals surface area contributed by atoms with E-state index in [1.54, 1.807) is 34.8 Å². The molecule has 1 aliphatic heterocycles. The number of thiazole rings is 1. The second-order valence-corrected chi connectivity index (χ2v) is 12.3. The summed E-state index contributed by atoms with van der Waals surface area (Å²) in [6.07, 6.45) is 0.895. The Morgan fingerprint density at radius 1 is 0.909 bits per heavy atom. The Hall–Kier alpha value is -3.63. The fourth-order valence-corrected chi connectivity index (χ4v) is 7.82. The van der Waals surface area contributed by atoms with E-state index in [0.717, 1.165) is 51.8 Å².